The van der Waals surface area contributed by atoms with E-state index in [2.05, 4.69) is 24.1 Å². The molecule has 130 valence electrons. The molecule has 0 saturated carbocycles. The number of hydrogen-bond acceptors (Lipinski definition) is 2. The van der Waals surface area contributed by atoms with Gasteiger partial charge in [-0.2, -0.15) is 0 Å². The number of aromatic nitrogens is 2. The van der Waals surface area contributed by atoms with Gasteiger partial charge in [0.15, 0.2) is 0 Å². The third-order valence-electron chi connectivity index (χ3n) is 4.41. The van der Waals surface area contributed by atoms with E-state index in [0.29, 0.717) is 18.1 Å². The molecule has 1 aromatic carbocycles. The van der Waals surface area contributed by atoms with Gasteiger partial charge in [-0.25, -0.2) is 9.37 Å². The number of halogens is 1. The molecular weight excluding hydrogens is 317 g/mol. The first-order chi connectivity index (χ1) is 11.9. The fourth-order valence-electron chi connectivity index (χ4n) is 3.09. The van der Waals surface area contributed by atoms with Gasteiger partial charge in [-0.1, -0.05) is 32.0 Å². The summed E-state index contributed by atoms with van der Waals surface area (Å²) in [5, 5.41) is 2.16. The molecule has 4 nitrogen and oxygen atoms in total. The largest absolute Gasteiger partial charge is 0.335 e. The van der Waals surface area contributed by atoms with Crippen molar-refractivity contribution in [2.24, 2.45) is 5.92 Å². The molecule has 25 heavy (non-hydrogen) atoms. The van der Waals surface area contributed by atoms with Crippen molar-refractivity contribution in [3.05, 3.63) is 81.7 Å². The lowest BCUT2D eigenvalue weighted by molar-refractivity contribution is -0.717. The van der Waals surface area contributed by atoms with Crippen LogP contribution in [0.15, 0.2) is 53.5 Å². The smallest absolute Gasteiger partial charge is 0.258 e. The van der Waals surface area contributed by atoms with E-state index in [1.807, 2.05) is 31.2 Å². The summed E-state index contributed by atoms with van der Waals surface area (Å²) in [6.07, 6.45) is 1.80. The molecule has 0 bridgehead atoms. The Kier molecular flexibility index (Phi) is 4.95. The minimum atomic E-state index is -0.231. The summed E-state index contributed by atoms with van der Waals surface area (Å²) in [4.78, 5) is 16.9. The maximum atomic E-state index is 13.2. The van der Waals surface area contributed by atoms with Crippen LogP contribution in [0, 0.1) is 18.7 Å². The monoisotopic (exact) mass is 340 g/mol. The standard InChI is InChI=1S/C20H22FN3O/c1-13(2)20(15-5-7-16(21)8-6-15)22-11-17-10-19(25)24-12-14(3)4-9-18(24)23-17/h4-10,12-13,20,22H,11H2,1-3H3/p+1/t20-/m1/s1. The van der Waals surface area contributed by atoms with Crippen molar-refractivity contribution in [1.82, 2.24) is 9.38 Å². The summed E-state index contributed by atoms with van der Waals surface area (Å²) in [6.45, 7) is 6.81. The van der Waals surface area contributed by atoms with Crippen LogP contribution in [0.25, 0.3) is 5.65 Å². The zero-order chi connectivity index (χ0) is 18.0. The van der Waals surface area contributed by atoms with Gasteiger partial charge in [0.25, 0.3) is 5.56 Å². The van der Waals surface area contributed by atoms with Gasteiger partial charge >= 0.3 is 0 Å². The highest BCUT2D eigenvalue weighted by Gasteiger charge is 2.19. The molecule has 1 atom stereocenters. The third-order valence-corrected chi connectivity index (χ3v) is 4.41. The van der Waals surface area contributed by atoms with E-state index in [1.165, 1.54) is 12.1 Å². The van der Waals surface area contributed by atoms with Gasteiger partial charge < -0.3 is 5.32 Å². The molecule has 0 radical (unpaired) electrons. The molecule has 0 fully saturated rings. The second-order valence-corrected chi connectivity index (χ2v) is 6.78. The van der Waals surface area contributed by atoms with Gasteiger partial charge in [-0.3, -0.25) is 9.20 Å². The lowest BCUT2D eigenvalue weighted by atomic mass is 9.96. The molecule has 3 rings (SSSR count). The van der Waals surface area contributed by atoms with Crippen LogP contribution >= 0.6 is 0 Å². The number of fused-ring (bicyclic) bond motifs is 1. The Morgan fingerprint density at radius 3 is 2.56 bits per heavy atom. The number of pyridine rings is 1. The first-order valence-corrected chi connectivity index (χ1v) is 8.52. The molecular formula is C20H23FN3O+. The average Bonchev–Trinajstić information content (AvgIpc) is 2.57. The Morgan fingerprint density at radius 2 is 1.88 bits per heavy atom. The summed E-state index contributed by atoms with van der Waals surface area (Å²) in [5.74, 6) is 0.139. The quantitative estimate of drug-likeness (QED) is 0.776. The van der Waals surface area contributed by atoms with Gasteiger partial charge in [-0.05, 0) is 30.7 Å². The van der Waals surface area contributed by atoms with Crippen LogP contribution in [0.1, 0.15) is 36.7 Å². The van der Waals surface area contributed by atoms with E-state index >= 15 is 0 Å². The number of aryl methyl sites for hydroxylation is 1. The normalized spacial score (nSPS) is 12.7. The Morgan fingerprint density at radius 1 is 1.16 bits per heavy atom. The maximum Gasteiger partial charge on any atom is 0.258 e. The second-order valence-electron chi connectivity index (χ2n) is 6.78. The molecule has 0 unspecified atom stereocenters. The molecule has 0 saturated heterocycles. The SMILES string of the molecule is Cc1ccc2nc(C[NH2+][C@@H](c3ccc(F)cc3)C(C)C)cc(=O)n2c1. The highest BCUT2D eigenvalue weighted by atomic mass is 19.1. The summed E-state index contributed by atoms with van der Waals surface area (Å²) >= 11 is 0. The van der Waals surface area contributed by atoms with Crippen molar-refractivity contribution >= 4 is 5.65 Å². The molecule has 3 aromatic rings. The van der Waals surface area contributed by atoms with E-state index < -0.39 is 0 Å². The Bertz CT molecular complexity index is 932. The summed E-state index contributed by atoms with van der Waals surface area (Å²) < 4.78 is 14.7. The van der Waals surface area contributed by atoms with Gasteiger partial charge in [0.1, 0.15) is 29.7 Å². The lowest BCUT2D eigenvalue weighted by Crippen LogP contribution is -2.84. The zero-order valence-corrected chi connectivity index (χ0v) is 14.7. The fraction of sp³-hybridized carbons (Fsp3) is 0.300. The van der Waals surface area contributed by atoms with E-state index in [1.54, 1.807) is 16.7 Å². The van der Waals surface area contributed by atoms with Crippen molar-refractivity contribution in [2.75, 3.05) is 0 Å². The van der Waals surface area contributed by atoms with E-state index in [0.717, 1.165) is 16.8 Å². The Labute approximate surface area is 146 Å². The zero-order valence-electron chi connectivity index (χ0n) is 14.7. The van der Waals surface area contributed by atoms with E-state index in [9.17, 15) is 9.18 Å². The number of nitrogens with zero attached hydrogens (tertiary/aromatic N) is 2. The molecule has 2 aromatic heterocycles. The highest BCUT2D eigenvalue weighted by molar-refractivity contribution is 5.39. The second kappa shape index (κ2) is 7.15. The van der Waals surface area contributed by atoms with Crippen molar-refractivity contribution < 1.29 is 9.71 Å². The van der Waals surface area contributed by atoms with Gasteiger partial charge in [0, 0.05) is 23.7 Å². The Hall–Kier alpha value is -2.53. The van der Waals surface area contributed by atoms with Crippen LogP contribution in [0.2, 0.25) is 0 Å². The minimum absolute atomic E-state index is 0.0695. The van der Waals surface area contributed by atoms with E-state index in [4.69, 9.17) is 0 Å². The summed E-state index contributed by atoms with van der Waals surface area (Å²) in [6, 6.07) is 12.2. The maximum absolute atomic E-state index is 13.2. The minimum Gasteiger partial charge on any atom is -0.335 e. The van der Waals surface area contributed by atoms with Gasteiger partial charge in [0.2, 0.25) is 0 Å². The van der Waals surface area contributed by atoms with Crippen LogP contribution < -0.4 is 10.9 Å². The summed E-state index contributed by atoms with van der Waals surface area (Å²) in [5.41, 5.74) is 3.43. The number of nitrogens with two attached hydrogens (primary N) is 1. The molecule has 2 N–H and O–H groups in total. The average molecular weight is 340 g/mol. The predicted molar refractivity (Wildman–Crippen MR) is 95.8 cm³/mol. The first-order valence-electron chi connectivity index (χ1n) is 8.52. The third kappa shape index (κ3) is 3.94. The first kappa shape index (κ1) is 17.3. The number of quaternary nitrogens is 1. The van der Waals surface area contributed by atoms with Gasteiger partial charge in [-0.15, -0.1) is 0 Å². The highest BCUT2D eigenvalue weighted by Crippen LogP contribution is 2.18. The van der Waals surface area contributed by atoms with Crippen LogP contribution in [-0.4, -0.2) is 9.38 Å². The van der Waals surface area contributed by atoms with Crippen molar-refractivity contribution in [3.8, 4) is 0 Å². The predicted octanol–water partition coefficient (Wildman–Crippen LogP) is 2.60. The molecule has 5 heteroatoms. The summed E-state index contributed by atoms with van der Waals surface area (Å²) in [7, 11) is 0. The molecule has 0 amide bonds. The molecule has 0 aliphatic carbocycles. The van der Waals surface area contributed by atoms with E-state index in [-0.39, 0.29) is 17.4 Å². The number of benzene rings is 1. The van der Waals surface area contributed by atoms with Crippen molar-refractivity contribution in [3.63, 3.8) is 0 Å². The Balaban J connectivity index is 1.83. The van der Waals surface area contributed by atoms with Crippen molar-refractivity contribution in [2.45, 2.75) is 33.4 Å². The van der Waals surface area contributed by atoms with Crippen LogP contribution in [0.4, 0.5) is 4.39 Å². The molecule has 0 aliphatic rings. The molecule has 0 spiro atoms. The number of rotatable bonds is 5. The van der Waals surface area contributed by atoms with Crippen molar-refractivity contribution in [1.29, 1.82) is 0 Å². The topological polar surface area (TPSA) is 51.0 Å². The van der Waals surface area contributed by atoms with Crippen LogP contribution in [-0.2, 0) is 6.54 Å². The van der Waals surface area contributed by atoms with Crippen LogP contribution in [0.3, 0.4) is 0 Å². The van der Waals surface area contributed by atoms with Crippen LogP contribution in [0.5, 0.6) is 0 Å². The lowest BCUT2D eigenvalue weighted by Gasteiger charge is -2.19. The fourth-order valence-corrected chi connectivity index (χ4v) is 3.09. The van der Waals surface area contributed by atoms with Gasteiger partial charge in [0.05, 0.1) is 0 Å². The number of hydrogen-bond donors (Lipinski definition) is 1. The molecule has 2 heterocycles. The molecule has 0 aliphatic heterocycles.